The standard InChI is InChI=1S/C16H16N2O2S/c1-11-9-15(19)17-10-13(11)16(20)18-6-4-12(5-7-18)14-3-2-8-21-14/h2-4,8-10H,5-7H2,1H3,(H,17,19). The molecular weight excluding hydrogens is 284 g/mol. The summed E-state index contributed by atoms with van der Waals surface area (Å²) in [6.45, 7) is 3.12. The Labute approximate surface area is 126 Å². The van der Waals surface area contributed by atoms with Crippen molar-refractivity contribution in [1.29, 1.82) is 0 Å². The molecule has 0 bridgehead atoms. The molecule has 0 aliphatic carbocycles. The Balaban J connectivity index is 1.77. The van der Waals surface area contributed by atoms with Gasteiger partial charge in [0, 0.05) is 30.2 Å². The van der Waals surface area contributed by atoms with Gasteiger partial charge in [-0.05, 0) is 35.9 Å². The van der Waals surface area contributed by atoms with Crippen molar-refractivity contribution in [1.82, 2.24) is 9.88 Å². The molecule has 0 fully saturated rings. The van der Waals surface area contributed by atoms with Crippen LogP contribution in [0, 0.1) is 6.92 Å². The van der Waals surface area contributed by atoms with Gasteiger partial charge in [0.25, 0.3) is 5.91 Å². The van der Waals surface area contributed by atoms with E-state index in [1.54, 1.807) is 18.3 Å². The van der Waals surface area contributed by atoms with E-state index in [0.29, 0.717) is 18.7 Å². The fraction of sp³-hybridized carbons (Fsp3) is 0.250. The lowest BCUT2D eigenvalue weighted by Gasteiger charge is -2.26. The summed E-state index contributed by atoms with van der Waals surface area (Å²) in [4.78, 5) is 29.4. The average Bonchev–Trinajstić information content (AvgIpc) is 3.01. The number of amides is 1. The Kier molecular flexibility index (Phi) is 3.75. The van der Waals surface area contributed by atoms with Gasteiger partial charge in [-0.1, -0.05) is 12.1 Å². The number of rotatable bonds is 2. The van der Waals surface area contributed by atoms with E-state index < -0.39 is 0 Å². The van der Waals surface area contributed by atoms with Crippen LogP contribution in [0.3, 0.4) is 0 Å². The number of pyridine rings is 1. The molecule has 0 unspecified atom stereocenters. The van der Waals surface area contributed by atoms with Gasteiger partial charge in [-0.15, -0.1) is 11.3 Å². The second-order valence-corrected chi connectivity index (χ2v) is 6.05. The third-order valence-corrected chi connectivity index (χ3v) is 4.64. The van der Waals surface area contributed by atoms with Crippen molar-refractivity contribution in [2.45, 2.75) is 13.3 Å². The Morgan fingerprint density at radius 1 is 1.43 bits per heavy atom. The lowest BCUT2D eigenvalue weighted by molar-refractivity contribution is 0.0771. The second kappa shape index (κ2) is 5.69. The maximum Gasteiger partial charge on any atom is 0.255 e. The molecule has 3 heterocycles. The van der Waals surface area contributed by atoms with Crippen molar-refractivity contribution in [2.24, 2.45) is 0 Å². The van der Waals surface area contributed by atoms with Crippen LogP contribution in [0.1, 0.15) is 27.2 Å². The Hall–Kier alpha value is -2.14. The summed E-state index contributed by atoms with van der Waals surface area (Å²) < 4.78 is 0. The zero-order valence-corrected chi connectivity index (χ0v) is 12.6. The quantitative estimate of drug-likeness (QED) is 0.927. The predicted octanol–water partition coefficient (Wildman–Crippen LogP) is 2.67. The zero-order valence-electron chi connectivity index (χ0n) is 11.8. The predicted molar refractivity (Wildman–Crippen MR) is 84.6 cm³/mol. The van der Waals surface area contributed by atoms with Crippen LogP contribution in [0.4, 0.5) is 0 Å². The van der Waals surface area contributed by atoms with E-state index in [1.165, 1.54) is 22.7 Å². The van der Waals surface area contributed by atoms with Gasteiger partial charge in [0.1, 0.15) is 0 Å². The molecule has 2 aromatic rings. The van der Waals surface area contributed by atoms with Crippen molar-refractivity contribution in [3.8, 4) is 0 Å². The van der Waals surface area contributed by atoms with Crippen molar-refractivity contribution in [3.05, 3.63) is 62.2 Å². The first kappa shape index (κ1) is 13.8. The summed E-state index contributed by atoms with van der Waals surface area (Å²) in [5.74, 6) is -0.0229. The van der Waals surface area contributed by atoms with E-state index in [4.69, 9.17) is 0 Å². The molecule has 0 saturated carbocycles. The SMILES string of the molecule is Cc1cc(=O)[nH]cc1C(=O)N1CC=C(c2cccs2)CC1. The van der Waals surface area contributed by atoms with Crippen molar-refractivity contribution in [3.63, 3.8) is 0 Å². The number of hydrogen-bond donors (Lipinski definition) is 1. The van der Waals surface area contributed by atoms with Gasteiger partial charge in [0.15, 0.2) is 0 Å². The highest BCUT2D eigenvalue weighted by molar-refractivity contribution is 7.11. The summed E-state index contributed by atoms with van der Waals surface area (Å²) in [5, 5.41) is 2.07. The third-order valence-electron chi connectivity index (χ3n) is 3.70. The van der Waals surface area contributed by atoms with Crippen molar-refractivity contribution in [2.75, 3.05) is 13.1 Å². The van der Waals surface area contributed by atoms with Crippen LogP contribution in [0.2, 0.25) is 0 Å². The van der Waals surface area contributed by atoms with Crippen LogP contribution in [-0.2, 0) is 0 Å². The molecule has 4 nitrogen and oxygen atoms in total. The average molecular weight is 300 g/mol. The third kappa shape index (κ3) is 2.83. The van der Waals surface area contributed by atoms with Gasteiger partial charge in [-0.3, -0.25) is 9.59 Å². The van der Waals surface area contributed by atoms with E-state index in [2.05, 4.69) is 22.5 Å². The molecule has 0 radical (unpaired) electrons. The van der Waals surface area contributed by atoms with Gasteiger partial charge in [0.2, 0.25) is 5.56 Å². The van der Waals surface area contributed by atoms with Gasteiger partial charge in [-0.25, -0.2) is 0 Å². The number of nitrogens with zero attached hydrogens (tertiary/aromatic N) is 1. The van der Waals surface area contributed by atoms with Gasteiger partial charge >= 0.3 is 0 Å². The molecule has 2 aromatic heterocycles. The summed E-state index contributed by atoms with van der Waals surface area (Å²) in [6, 6.07) is 5.62. The van der Waals surface area contributed by atoms with E-state index in [0.717, 1.165) is 12.0 Å². The molecule has 0 saturated heterocycles. The van der Waals surface area contributed by atoms with Crippen LogP contribution < -0.4 is 5.56 Å². The lowest BCUT2D eigenvalue weighted by Crippen LogP contribution is -2.35. The molecule has 3 rings (SSSR count). The molecule has 1 aliphatic heterocycles. The zero-order chi connectivity index (χ0) is 14.8. The number of H-pyrrole nitrogens is 1. The molecule has 5 heteroatoms. The van der Waals surface area contributed by atoms with Crippen LogP contribution in [0.15, 0.2) is 40.6 Å². The Morgan fingerprint density at radius 3 is 2.90 bits per heavy atom. The van der Waals surface area contributed by atoms with E-state index in [-0.39, 0.29) is 11.5 Å². The minimum atomic E-state index is -0.178. The maximum atomic E-state index is 12.5. The number of aryl methyl sites for hydroxylation is 1. The highest BCUT2D eigenvalue weighted by atomic mass is 32.1. The van der Waals surface area contributed by atoms with Crippen LogP contribution in [0.25, 0.3) is 5.57 Å². The Morgan fingerprint density at radius 2 is 2.29 bits per heavy atom. The Bertz CT molecular complexity index is 744. The number of thiophene rings is 1. The summed E-state index contributed by atoms with van der Waals surface area (Å²) in [5.41, 5.74) is 2.43. The lowest BCUT2D eigenvalue weighted by atomic mass is 10.0. The molecule has 21 heavy (non-hydrogen) atoms. The number of aromatic amines is 1. The molecular formula is C16H16N2O2S. The van der Waals surface area contributed by atoms with Gasteiger partial charge in [0.05, 0.1) is 5.56 Å². The number of carbonyl (C=O) groups excluding carboxylic acids is 1. The highest BCUT2D eigenvalue weighted by Crippen LogP contribution is 2.26. The number of carbonyl (C=O) groups is 1. The molecule has 0 spiro atoms. The van der Waals surface area contributed by atoms with Crippen LogP contribution in [-0.4, -0.2) is 28.9 Å². The summed E-state index contributed by atoms with van der Waals surface area (Å²) in [6.07, 6.45) is 4.50. The topological polar surface area (TPSA) is 53.2 Å². The molecule has 1 N–H and O–H groups in total. The summed E-state index contributed by atoms with van der Waals surface area (Å²) in [7, 11) is 0. The molecule has 1 aliphatic rings. The number of nitrogens with one attached hydrogen (secondary N) is 1. The van der Waals surface area contributed by atoms with Crippen LogP contribution in [0.5, 0.6) is 0 Å². The number of aromatic nitrogens is 1. The highest BCUT2D eigenvalue weighted by Gasteiger charge is 2.21. The largest absolute Gasteiger partial charge is 0.335 e. The molecule has 0 atom stereocenters. The molecule has 0 aromatic carbocycles. The van der Waals surface area contributed by atoms with Gasteiger partial charge in [-0.2, -0.15) is 0 Å². The molecule has 108 valence electrons. The normalized spacial score (nSPS) is 14.9. The number of hydrogen-bond acceptors (Lipinski definition) is 3. The van der Waals surface area contributed by atoms with Crippen molar-refractivity contribution >= 4 is 22.8 Å². The van der Waals surface area contributed by atoms with E-state index in [1.807, 2.05) is 11.0 Å². The molecule has 1 amide bonds. The van der Waals surface area contributed by atoms with E-state index in [9.17, 15) is 9.59 Å². The minimum absolute atomic E-state index is 0.0229. The fourth-order valence-electron chi connectivity index (χ4n) is 2.51. The van der Waals surface area contributed by atoms with Crippen molar-refractivity contribution < 1.29 is 4.79 Å². The van der Waals surface area contributed by atoms with Crippen LogP contribution >= 0.6 is 11.3 Å². The summed E-state index contributed by atoms with van der Waals surface area (Å²) >= 11 is 1.73. The maximum absolute atomic E-state index is 12.5. The first-order valence-corrected chi connectivity index (χ1v) is 7.74. The first-order chi connectivity index (χ1) is 10.1. The minimum Gasteiger partial charge on any atom is -0.335 e. The van der Waals surface area contributed by atoms with E-state index >= 15 is 0 Å². The second-order valence-electron chi connectivity index (χ2n) is 5.10. The van der Waals surface area contributed by atoms with Gasteiger partial charge < -0.3 is 9.88 Å². The smallest absolute Gasteiger partial charge is 0.255 e. The fourth-order valence-corrected chi connectivity index (χ4v) is 3.31. The first-order valence-electron chi connectivity index (χ1n) is 6.86. The monoisotopic (exact) mass is 300 g/mol.